The van der Waals surface area contributed by atoms with E-state index in [0.717, 1.165) is 44.9 Å². The first kappa shape index (κ1) is 51.9. The fourth-order valence-corrected chi connectivity index (χ4v) is 7.55. The van der Waals surface area contributed by atoms with Gasteiger partial charge in [0.1, 0.15) is 6.10 Å². The van der Waals surface area contributed by atoms with Crippen LogP contribution in [0.5, 0.6) is 0 Å². The molecule has 0 fully saturated rings. The van der Waals surface area contributed by atoms with Crippen molar-refractivity contribution < 1.29 is 24.5 Å². The smallest absolute Gasteiger partial charge is 0.306 e. The summed E-state index contributed by atoms with van der Waals surface area (Å²) in [6.45, 7) is 6.47. The summed E-state index contributed by atoms with van der Waals surface area (Å²) in [7, 11) is 0. The van der Waals surface area contributed by atoms with Crippen LogP contribution in [-0.2, 0) is 14.3 Å². The maximum atomic E-state index is 13.1. The lowest BCUT2D eigenvalue weighted by Gasteiger charge is -2.24. The van der Waals surface area contributed by atoms with Crippen molar-refractivity contribution in [2.75, 3.05) is 6.61 Å². The summed E-state index contributed by atoms with van der Waals surface area (Å²) >= 11 is 0. The van der Waals surface area contributed by atoms with Crippen molar-refractivity contribution in [1.29, 1.82) is 0 Å². The summed E-state index contributed by atoms with van der Waals surface area (Å²) in [5.41, 5.74) is 0. The summed E-state index contributed by atoms with van der Waals surface area (Å²) in [6, 6.07) is -0.690. The van der Waals surface area contributed by atoms with Gasteiger partial charge in [-0.25, -0.2) is 0 Å². The molecule has 0 saturated carbocycles. The molecule has 0 saturated heterocycles. The van der Waals surface area contributed by atoms with Gasteiger partial charge in [0, 0.05) is 6.42 Å². The number of esters is 1. The van der Waals surface area contributed by atoms with Gasteiger partial charge in [-0.3, -0.25) is 9.59 Å². The van der Waals surface area contributed by atoms with E-state index in [9.17, 15) is 19.8 Å². The van der Waals surface area contributed by atoms with E-state index >= 15 is 0 Å². The van der Waals surface area contributed by atoms with Crippen molar-refractivity contribution >= 4 is 11.9 Å². The van der Waals surface area contributed by atoms with Crippen LogP contribution in [0.2, 0.25) is 0 Å². The maximum Gasteiger partial charge on any atom is 0.306 e. The van der Waals surface area contributed by atoms with E-state index in [1.807, 2.05) is 0 Å². The Bertz CT molecular complexity index is 761. The zero-order valence-corrected chi connectivity index (χ0v) is 35.9. The second-order valence-electron chi connectivity index (χ2n) is 16.5. The molecule has 1 amide bonds. The van der Waals surface area contributed by atoms with Gasteiger partial charge < -0.3 is 20.3 Å². The topological polar surface area (TPSA) is 95.9 Å². The SMILES string of the molecule is CCCCCCCCCCCCCCCCC(O)C(CO)NC(=O)CC(CCCCCCCCCCCC)OC(=O)CCCCCCCCCCCC. The summed E-state index contributed by atoms with van der Waals surface area (Å²) < 4.78 is 5.89. The number of ether oxygens (including phenoxy) is 1. The molecule has 0 aliphatic carbocycles. The Morgan fingerprint density at radius 3 is 1.15 bits per heavy atom. The average molecular weight is 752 g/mol. The quantitative estimate of drug-likeness (QED) is 0.0426. The zero-order valence-electron chi connectivity index (χ0n) is 35.9. The van der Waals surface area contributed by atoms with Gasteiger partial charge in [0.25, 0.3) is 0 Å². The Kier molecular flexibility index (Phi) is 41.1. The number of rotatable bonds is 43. The third-order valence-electron chi connectivity index (χ3n) is 11.2. The van der Waals surface area contributed by atoms with Gasteiger partial charge in [0.2, 0.25) is 5.91 Å². The molecule has 0 radical (unpaired) electrons. The third kappa shape index (κ3) is 37.6. The van der Waals surface area contributed by atoms with Gasteiger partial charge in [-0.05, 0) is 25.7 Å². The largest absolute Gasteiger partial charge is 0.462 e. The van der Waals surface area contributed by atoms with E-state index in [4.69, 9.17) is 4.74 Å². The van der Waals surface area contributed by atoms with Crippen LogP contribution in [0.1, 0.15) is 265 Å². The molecule has 0 aromatic heterocycles. The molecular weight excluding hydrogens is 659 g/mol. The molecule has 6 nitrogen and oxygen atoms in total. The van der Waals surface area contributed by atoms with E-state index in [0.29, 0.717) is 19.3 Å². The predicted octanol–water partition coefficient (Wildman–Crippen LogP) is 13.6. The third-order valence-corrected chi connectivity index (χ3v) is 11.2. The monoisotopic (exact) mass is 752 g/mol. The second kappa shape index (κ2) is 42.0. The summed E-state index contributed by atoms with van der Waals surface area (Å²) in [5.74, 6) is -0.459. The Labute approximate surface area is 330 Å². The van der Waals surface area contributed by atoms with E-state index in [1.165, 1.54) is 173 Å². The molecule has 53 heavy (non-hydrogen) atoms. The Balaban J connectivity index is 4.46. The van der Waals surface area contributed by atoms with Crippen molar-refractivity contribution in [3.8, 4) is 0 Å². The molecule has 0 rings (SSSR count). The molecule has 0 bridgehead atoms. The van der Waals surface area contributed by atoms with Crippen LogP contribution in [0.25, 0.3) is 0 Å². The summed E-state index contributed by atoms with van der Waals surface area (Å²) in [4.78, 5) is 25.9. The molecule has 3 unspecified atom stereocenters. The number of carbonyl (C=O) groups excluding carboxylic acids is 2. The lowest BCUT2D eigenvalue weighted by atomic mass is 10.0. The lowest BCUT2D eigenvalue weighted by molar-refractivity contribution is -0.151. The molecule has 316 valence electrons. The van der Waals surface area contributed by atoms with Gasteiger partial charge >= 0.3 is 5.97 Å². The number of aliphatic hydroxyl groups is 2. The van der Waals surface area contributed by atoms with Crippen LogP contribution in [-0.4, -0.2) is 46.9 Å². The van der Waals surface area contributed by atoms with E-state index < -0.39 is 18.2 Å². The van der Waals surface area contributed by atoms with E-state index in [2.05, 4.69) is 26.1 Å². The number of unbranched alkanes of at least 4 members (excludes halogenated alkanes) is 31. The molecule has 3 atom stereocenters. The number of nitrogens with one attached hydrogen (secondary N) is 1. The highest BCUT2D eigenvalue weighted by molar-refractivity contribution is 5.77. The molecule has 6 heteroatoms. The standard InChI is InChI=1S/C47H93NO5/c1-4-7-10-13-16-19-22-23-24-25-27-30-33-36-39-45(50)44(42-49)48-46(51)41-43(38-35-32-29-26-20-17-14-11-8-5-2)53-47(52)40-37-34-31-28-21-18-15-12-9-6-3/h43-45,49-50H,4-42H2,1-3H3,(H,48,51). The number of amides is 1. The molecule has 0 aromatic carbocycles. The fraction of sp³-hybridized carbons (Fsp3) is 0.957. The predicted molar refractivity (Wildman–Crippen MR) is 227 cm³/mol. The second-order valence-corrected chi connectivity index (χ2v) is 16.5. The summed E-state index contributed by atoms with van der Waals surface area (Å²) in [6.07, 6.45) is 43.0. The first-order chi connectivity index (χ1) is 26.0. The Morgan fingerprint density at radius 2 is 0.792 bits per heavy atom. The molecule has 0 aromatic rings. The Morgan fingerprint density at radius 1 is 0.472 bits per heavy atom. The normalized spacial score (nSPS) is 13.2. The van der Waals surface area contributed by atoms with Crippen LogP contribution in [0.15, 0.2) is 0 Å². The van der Waals surface area contributed by atoms with Gasteiger partial charge in [0.15, 0.2) is 0 Å². The van der Waals surface area contributed by atoms with Crippen LogP contribution in [0, 0.1) is 0 Å². The van der Waals surface area contributed by atoms with Crippen molar-refractivity contribution in [2.45, 2.75) is 283 Å². The maximum absolute atomic E-state index is 13.1. The van der Waals surface area contributed by atoms with Gasteiger partial charge in [-0.15, -0.1) is 0 Å². The molecule has 0 heterocycles. The van der Waals surface area contributed by atoms with Crippen LogP contribution < -0.4 is 5.32 Å². The van der Waals surface area contributed by atoms with Gasteiger partial charge in [0.05, 0.1) is 25.2 Å². The highest BCUT2D eigenvalue weighted by atomic mass is 16.5. The minimum atomic E-state index is -0.777. The fourth-order valence-electron chi connectivity index (χ4n) is 7.55. The van der Waals surface area contributed by atoms with Crippen molar-refractivity contribution in [2.24, 2.45) is 0 Å². The number of hydrogen-bond donors (Lipinski definition) is 3. The van der Waals surface area contributed by atoms with Crippen molar-refractivity contribution in [3.63, 3.8) is 0 Å². The minimum Gasteiger partial charge on any atom is -0.462 e. The highest BCUT2D eigenvalue weighted by Crippen LogP contribution is 2.18. The van der Waals surface area contributed by atoms with Crippen molar-refractivity contribution in [1.82, 2.24) is 5.32 Å². The van der Waals surface area contributed by atoms with Crippen LogP contribution >= 0.6 is 0 Å². The van der Waals surface area contributed by atoms with Crippen molar-refractivity contribution in [3.05, 3.63) is 0 Å². The molecule has 0 aliphatic rings. The first-order valence-corrected chi connectivity index (χ1v) is 23.8. The molecule has 0 aliphatic heterocycles. The first-order valence-electron chi connectivity index (χ1n) is 23.8. The number of aliphatic hydroxyl groups excluding tert-OH is 2. The number of carbonyl (C=O) groups is 2. The van der Waals surface area contributed by atoms with Crippen LogP contribution in [0.3, 0.4) is 0 Å². The number of hydrogen-bond acceptors (Lipinski definition) is 5. The van der Waals surface area contributed by atoms with Crippen LogP contribution in [0.4, 0.5) is 0 Å². The Hall–Kier alpha value is -1.14. The molecule has 0 spiro atoms. The molecule has 3 N–H and O–H groups in total. The minimum absolute atomic E-state index is 0.0866. The van der Waals surface area contributed by atoms with Gasteiger partial charge in [-0.1, -0.05) is 226 Å². The van der Waals surface area contributed by atoms with Gasteiger partial charge in [-0.2, -0.15) is 0 Å². The highest BCUT2D eigenvalue weighted by Gasteiger charge is 2.24. The van der Waals surface area contributed by atoms with E-state index in [-0.39, 0.29) is 24.9 Å². The van der Waals surface area contributed by atoms with E-state index in [1.54, 1.807) is 0 Å². The average Bonchev–Trinajstić information content (AvgIpc) is 3.15. The summed E-state index contributed by atoms with van der Waals surface area (Å²) in [5, 5.41) is 23.7. The zero-order chi connectivity index (χ0) is 38.9. The molecular formula is C47H93NO5. The lowest BCUT2D eigenvalue weighted by Crippen LogP contribution is -2.46.